The van der Waals surface area contributed by atoms with E-state index in [1.807, 2.05) is 11.8 Å². The van der Waals surface area contributed by atoms with Gasteiger partial charge in [-0.05, 0) is 62.8 Å². The van der Waals surface area contributed by atoms with E-state index in [2.05, 4.69) is 22.5 Å². The minimum atomic E-state index is -1.09. The molecule has 0 spiro atoms. The van der Waals surface area contributed by atoms with Crippen LogP contribution >= 0.6 is 0 Å². The minimum Gasteiger partial charge on any atom is -0.465 e. The fourth-order valence-electron chi connectivity index (χ4n) is 5.54. The third-order valence-corrected chi connectivity index (χ3v) is 7.67. The third kappa shape index (κ3) is 5.51. The Morgan fingerprint density at radius 2 is 1.82 bits per heavy atom. The molecule has 3 fully saturated rings. The summed E-state index contributed by atoms with van der Waals surface area (Å²) in [7, 11) is 0. The lowest BCUT2D eigenvalue weighted by molar-refractivity contribution is -0.140. The van der Waals surface area contributed by atoms with Crippen molar-refractivity contribution in [1.82, 2.24) is 15.1 Å². The molecule has 2 aliphatic carbocycles. The van der Waals surface area contributed by atoms with Gasteiger partial charge in [0.2, 0.25) is 11.8 Å². The van der Waals surface area contributed by atoms with Crippen molar-refractivity contribution in [2.45, 2.75) is 71.0 Å². The molecule has 0 bridgehead atoms. The Labute approximate surface area is 199 Å². The second kappa shape index (κ2) is 10.3. The smallest absolute Gasteiger partial charge is 0.404 e. The average molecular weight is 475 g/mol. The summed E-state index contributed by atoms with van der Waals surface area (Å²) in [6, 6.07) is 2.75. The Hall–Kier alpha value is -2.68. The summed E-state index contributed by atoms with van der Waals surface area (Å²) in [6.45, 7) is 6.66. The van der Waals surface area contributed by atoms with E-state index in [0.717, 1.165) is 49.9 Å². The van der Waals surface area contributed by atoms with Crippen LogP contribution in [0.2, 0.25) is 0 Å². The van der Waals surface area contributed by atoms with Gasteiger partial charge in [0.25, 0.3) is 0 Å². The minimum absolute atomic E-state index is 0.112. The number of carbonyl (C=O) groups is 3. The van der Waals surface area contributed by atoms with Crippen LogP contribution in [0.1, 0.15) is 56.6 Å². The molecule has 1 aromatic rings. The summed E-state index contributed by atoms with van der Waals surface area (Å²) in [5.74, 6) is -0.437. The Morgan fingerprint density at radius 1 is 1.12 bits per heavy atom. The van der Waals surface area contributed by atoms with Gasteiger partial charge in [0, 0.05) is 55.8 Å². The van der Waals surface area contributed by atoms with E-state index in [4.69, 9.17) is 5.11 Å². The van der Waals surface area contributed by atoms with Crippen molar-refractivity contribution in [2.75, 3.05) is 25.0 Å². The highest BCUT2D eigenvalue weighted by Crippen LogP contribution is 2.31. The highest BCUT2D eigenvalue weighted by molar-refractivity contribution is 5.94. The van der Waals surface area contributed by atoms with Crippen molar-refractivity contribution in [1.29, 1.82) is 0 Å². The lowest BCUT2D eigenvalue weighted by atomic mass is 9.79. The van der Waals surface area contributed by atoms with Crippen molar-refractivity contribution < 1.29 is 23.9 Å². The van der Waals surface area contributed by atoms with Crippen molar-refractivity contribution in [2.24, 2.45) is 11.8 Å². The Morgan fingerprint density at radius 3 is 2.47 bits per heavy atom. The van der Waals surface area contributed by atoms with Gasteiger partial charge in [0.15, 0.2) is 0 Å². The molecule has 1 heterocycles. The zero-order valence-electron chi connectivity index (χ0n) is 20.0. The number of carbonyl (C=O) groups excluding carboxylic acids is 2. The molecule has 0 unspecified atom stereocenters. The van der Waals surface area contributed by atoms with E-state index in [1.54, 1.807) is 0 Å². The van der Waals surface area contributed by atoms with E-state index in [-0.39, 0.29) is 35.7 Å². The standard InChI is InChI=1S/C25H35FN4O4/c1-15-13-29(7-8-30(15)24(32)17-5-3-4-6-17)14-19-9-20(26)12-22(16(19)2)28-23(31)18-10-21(11-18)27-25(33)34/h9,12,15,17-18,21,27H,3-8,10-11,13-14H2,1-2H3,(H,28,31)(H,33,34)/t15-,18?,21?/m0/s1. The summed E-state index contributed by atoms with van der Waals surface area (Å²) < 4.78 is 14.4. The summed E-state index contributed by atoms with van der Waals surface area (Å²) in [4.78, 5) is 40.4. The van der Waals surface area contributed by atoms with Gasteiger partial charge in [-0.3, -0.25) is 14.5 Å². The Balaban J connectivity index is 1.34. The van der Waals surface area contributed by atoms with E-state index >= 15 is 0 Å². The zero-order chi connectivity index (χ0) is 24.4. The van der Waals surface area contributed by atoms with Crippen LogP contribution in [-0.4, -0.2) is 64.5 Å². The molecule has 3 aliphatic rings. The van der Waals surface area contributed by atoms with Crippen LogP contribution in [0.5, 0.6) is 0 Å². The number of amides is 3. The maximum absolute atomic E-state index is 14.4. The van der Waals surface area contributed by atoms with E-state index in [9.17, 15) is 18.8 Å². The molecule has 1 atom stereocenters. The first-order chi connectivity index (χ1) is 16.2. The summed E-state index contributed by atoms with van der Waals surface area (Å²) in [5, 5.41) is 14.0. The van der Waals surface area contributed by atoms with Crippen LogP contribution < -0.4 is 10.6 Å². The highest BCUT2D eigenvalue weighted by Gasteiger charge is 2.36. The largest absolute Gasteiger partial charge is 0.465 e. The molecule has 1 aromatic carbocycles. The monoisotopic (exact) mass is 474 g/mol. The van der Waals surface area contributed by atoms with Gasteiger partial charge in [-0.1, -0.05) is 12.8 Å². The topological polar surface area (TPSA) is 102 Å². The number of nitrogens with zero attached hydrogens (tertiary/aromatic N) is 2. The predicted octanol–water partition coefficient (Wildman–Crippen LogP) is 3.34. The fourth-order valence-corrected chi connectivity index (χ4v) is 5.54. The molecule has 0 aromatic heterocycles. The molecule has 186 valence electrons. The van der Waals surface area contributed by atoms with Gasteiger partial charge < -0.3 is 20.6 Å². The van der Waals surface area contributed by atoms with Crippen molar-refractivity contribution >= 4 is 23.6 Å². The normalized spacial score (nSPS) is 25.6. The molecule has 0 radical (unpaired) electrons. The molecule has 4 rings (SSSR count). The number of anilines is 1. The lowest BCUT2D eigenvalue weighted by Crippen LogP contribution is -2.54. The first kappa shape index (κ1) is 24.4. The van der Waals surface area contributed by atoms with Crippen LogP contribution in [0.4, 0.5) is 14.9 Å². The summed E-state index contributed by atoms with van der Waals surface area (Å²) in [5.41, 5.74) is 2.10. The van der Waals surface area contributed by atoms with Gasteiger partial charge in [0.1, 0.15) is 5.82 Å². The van der Waals surface area contributed by atoms with Crippen LogP contribution in [0.25, 0.3) is 0 Å². The summed E-state index contributed by atoms with van der Waals surface area (Å²) >= 11 is 0. The first-order valence-corrected chi connectivity index (χ1v) is 12.3. The van der Waals surface area contributed by atoms with Crippen molar-refractivity contribution in [3.8, 4) is 0 Å². The quantitative estimate of drug-likeness (QED) is 0.587. The second-order valence-electron chi connectivity index (χ2n) is 10.1. The van der Waals surface area contributed by atoms with Gasteiger partial charge in [-0.25, -0.2) is 9.18 Å². The predicted molar refractivity (Wildman–Crippen MR) is 126 cm³/mol. The van der Waals surface area contributed by atoms with E-state index in [0.29, 0.717) is 31.6 Å². The lowest BCUT2D eigenvalue weighted by Gasteiger charge is -2.41. The number of benzene rings is 1. The molecule has 8 nitrogen and oxygen atoms in total. The molecule has 2 saturated carbocycles. The second-order valence-corrected chi connectivity index (χ2v) is 10.1. The molecule has 1 saturated heterocycles. The highest BCUT2D eigenvalue weighted by atomic mass is 19.1. The third-order valence-electron chi connectivity index (χ3n) is 7.67. The number of hydrogen-bond acceptors (Lipinski definition) is 4. The maximum atomic E-state index is 14.4. The molecule has 34 heavy (non-hydrogen) atoms. The van der Waals surface area contributed by atoms with E-state index in [1.165, 1.54) is 12.1 Å². The number of halogens is 1. The number of carboxylic acid groups (broad SMARTS) is 1. The van der Waals surface area contributed by atoms with Gasteiger partial charge in [-0.2, -0.15) is 0 Å². The molecule has 1 aliphatic heterocycles. The molecular weight excluding hydrogens is 439 g/mol. The van der Waals surface area contributed by atoms with E-state index < -0.39 is 11.9 Å². The first-order valence-electron chi connectivity index (χ1n) is 12.3. The van der Waals surface area contributed by atoms with Crippen LogP contribution in [0, 0.1) is 24.6 Å². The SMILES string of the molecule is Cc1c(CN2CCN(C(=O)C3CCCC3)[C@@H](C)C2)cc(F)cc1NC(=O)C1CC(NC(=O)O)C1. The maximum Gasteiger partial charge on any atom is 0.404 e. The molecule has 3 amide bonds. The Bertz CT molecular complexity index is 943. The average Bonchev–Trinajstić information content (AvgIpc) is 3.28. The van der Waals surface area contributed by atoms with Gasteiger partial charge in [-0.15, -0.1) is 0 Å². The fraction of sp³-hybridized carbons (Fsp3) is 0.640. The molecule has 9 heteroatoms. The zero-order valence-corrected chi connectivity index (χ0v) is 20.0. The number of nitrogens with one attached hydrogen (secondary N) is 2. The van der Waals surface area contributed by atoms with Crippen LogP contribution in [0.3, 0.4) is 0 Å². The molecular formula is C25H35FN4O4. The van der Waals surface area contributed by atoms with Gasteiger partial charge in [0.05, 0.1) is 0 Å². The number of rotatable bonds is 6. The summed E-state index contributed by atoms with van der Waals surface area (Å²) in [6.07, 6.45) is 4.09. The number of piperazine rings is 1. The number of hydrogen-bond donors (Lipinski definition) is 3. The molecule has 3 N–H and O–H groups in total. The van der Waals surface area contributed by atoms with Crippen molar-refractivity contribution in [3.63, 3.8) is 0 Å². The van der Waals surface area contributed by atoms with Gasteiger partial charge >= 0.3 is 6.09 Å². The van der Waals surface area contributed by atoms with Crippen LogP contribution in [0.15, 0.2) is 12.1 Å². The van der Waals surface area contributed by atoms with Crippen LogP contribution in [-0.2, 0) is 16.1 Å². The Kier molecular flexibility index (Phi) is 7.40. The van der Waals surface area contributed by atoms with Crippen molar-refractivity contribution in [3.05, 3.63) is 29.1 Å².